The maximum atomic E-state index is 14.4. The second-order valence-electron chi connectivity index (χ2n) is 14.0. The number of aromatic nitrogens is 1. The van der Waals surface area contributed by atoms with Crippen molar-refractivity contribution in [1.29, 1.82) is 0 Å². The smallest absolute Gasteiger partial charge is 0.240 e. The molecule has 1 saturated carbocycles. The van der Waals surface area contributed by atoms with Crippen LogP contribution < -0.4 is 10.1 Å². The Kier molecular flexibility index (Phi) is 7.05. The van der Waals surface area contributed by atoms with Crippen LogP contribution in [-0.4, -0.2) is 96.1 Å². The van der Waals surface area contributed by atoms with Crippen molar-refractivity contribution in [2.75, 3.05) is 18.5 Å². The average Bonchev–Trinajstić information content (AvgIpc) is 3.08. The second-order valence-corrected chi connectivity index (χ2v) is 14.0. The summed E-state index contributed by atoms with van der Waals surface area (Å²) in [6.45, 7) is 0.959. The average molecular weight is 659 g/mol. The monoisotopic (exact) mass is 658 g/mol. The van der Waals surface area contributed by atoms with E-state index in [0.717, 1.165) is 19.3 Å². The molecule has 6 unspecified atom stereocenters. The predicted octanol–water partition coefficient (Wildman–Crippen LogP) is 2.18. The van der Waals surface area contributed by atoms with Crippen LogP contribution in [0, 0.1) is 12.3 Å². The van der Waals surface area contributed by atoms with Gasteiger partial charge in [0.2, 0.25) is 11.6 Å². The van der Waals surface area contributed by atoms with Gasteiger partial charge in [-0.15, -0.1) is 0 Å². The molecule has 5 bridgehead atoms. The summed E-state index contributed by atoms with van der Waals surface area (Å²) in [5, 5.41) is 71.9. The third-order valence-electron chi connectivity index (χ3n) is 11.3. The van der Waals surface area contributed by atoms with Crippen molar-refractivity contribution in [1.82, 2.24) is 4.98 Å². The number of aromatic hydroxyl groups is 1. The number of nitrogens with one attached hydrogen (secondary N) is 1. The highest BCUT2D eigenvalue weighted by molar-refractivity contribution is 6.34. The van der Waals surface area contributed by atoms with Gasteiger partial charge in [0.05, 0.1) is 23.8 Å². The van der Waals surface area contributed by atoms with Crippen LogP contribution in [0.1, 0.15) is 81.5 Å². The fourth-order valence-electron chi connectivity index (χ4n) is 8.67. The van der Waals surface area contributed by atoms with Crippen LogP contribution in [0.4, 0.5) is 5.82 Å². The summed E-state index contributed by atoms with van der Waals surface area (Å²) < 4.78 is 13.0. The van der Waals surface area contributed by atoms with Gasteiger partial charge in [0.1, 0.15) is 41.2 Å². The highest BCUT2D eigenvalue weighted by atomic mass is 16.7. The summed E-state index contributed by atoms with van der Waals surface area (Å²) in [6, 6.07) is 4.59. The number of hydrogen-bond acceptors (Lipinski definition) is 12. The van der Waals surface area contributed by atoms with Gasteiger partial charge in [-0.3, -0.25) is 9.59 Å². The lowest BCUT2D eigenvalue weighted by molar-refractivity contribution is -0.364. The summed E-state index contributed by atoms with van der Waals surface area (Å²) >= 11 is 0. The molecule has 7 N–H and O–H groups in total. The van der Waals surface area contributed by atoms with Gasteiger partial charge in [-0.1, -0.05) is 31.4 Å². The Hall–Kier alpha value is -3.91. The Bertz CT molecular complexity index is 1920. The van der Waals surface area contributed by atoms with E-state index < -0.39 is 59.4 Å². The van der Waals surface area contributed by atoms with E-state index in [1.165, 1.54) is 18.3 Å². The molecule has 0 amide bonds. The minimum atomic E-state index is -2.09. The van der Waals surface area contributed by atoms with Crippen molar-refractivity contribution in [3.63, 3.8) is 0 Å². The number of aryl methyl sites for hydroxylation is 2. The second kappa shape index (κ2) is 10.8. The molecule has 4 aliphatic heterocycles. The molecule has 2 fully saturated rings. The van der Waals surface area contributed by atoms with Crippen molar-refractivity contribution in [2.24, 2.45) is 5.41 Å². The lowest BCUT2D eigenvalue weighted by atomic mass is 9.68. The summed E-state index contributed by atoms with van der Waals surface area (Å²) in [5.74, 6) is -3.38. The summed E-state index contributed by atoms with van der Waals surface area (Å²) in [5.41, 5.74) is -1.96. The first-order valence-electron chi connectivity index (χ1n) is 16.5. The Morgan fingerprint density at radius 1 is 0.958 bits per heavy atom. The number of aliphatic hydroxyl groups is 5. The molecule has 1 saturated heterocycles. The van der Waals surface area contributed by atoms with Crippen LogP contribution in [0.25, 0.3) is 10.8 Å². The number of hydrogen-bond donors (Lipinski definition) is 7. The topological polar surface area (TPSA) is 199 Å². The van der Waals surface area contributed by atoms with Gasteiger partial charge < -0.3 is 45.4 Å². The molecule has 9 rings (SSSR count). The number of carbonyl (C=O) groups excluding carboxylic acids is 2. The first-order valence-corrected chi connectivity index (χ1v) is 16.5. The Morgan fingerprint density at radius 2 is 1.73 bits per heavy atom. The number of phenols is 1. The molecular weight excluding hydrogens is 620 g/mol. The minimum absolute atomic E-state index is 0.0179. The maximum absolute atomic E-state index is 14.4. The Morgan fingerprint density at radius 3 is 2.48 bits per heavy atom. The number of carbonyl (C=O) groups is 2. The van der Waals surface area contributed by atoms with E-state index in [1.807, 2.05) is 0 Å². The molecule has 6 atom stereocenters. The standard InChI is InChI=1S/C36H38N2O10/c1-17-13-20-24(21(40)14-17)28(43)26-25(27(20)42)18-6-12-37-33-23(18)19-5-9-36(47-30(19)26)32(46)29(44)31(45)35(16-39,48-36)11-10-34(22(41)15-38-33)7-3-2-4-8-34/h6,10-14,22,29,31-32,39-41,44-46H,2-5,7-9,15-16H2,1H3,(H,37,38). The number of benzene rings is 2. The molecule has 12 nitrogen and oxygen atoms in total. The number of ether oxygens (including phenoxy) is 2. The quantitative estimate of drug-likeness (QED) is 0.147. The molecule has 1 aromatic heterocycles. The number of rotatable bonds is 1. The molecular formula is C36H38N2O10. The predicted molar refractivity (Wildman–Crippen MR) is 171 cm³/mol. The highest BCUT2D eigenvalue weighted by Gasteiger charge is 2.62. The van der Waals surface area contributed by atoms with E-state index in [0.29, 0.717) is 40.6 Å². The number of fused-ring (bicyclic) bond motifs is 6. The van der Waals surface area contributed by atoms with Crippen molar-refractivity contribution >= 4 is 28.2 Å². The number of anilines is 1. The van der Waals surface area contributed by atoms with Gasteiger partial charge in [-0.25, -0.2) is 4.98 Å². The van der Waals surface area contributed by atoms with E-state index in [4.69, 9.17) is 9.47 Å². The van der Waals surface area contributed by atoms with E-state index in [2.05, 4.69) is 10.3 Å². The van der Waals surface area contributed by atoms with Gasteiger partial charge in [0.25, 0.3) is 0 Å². The molecule has 12 heteroatoms. The zero-order chi connectivity index (χ0) is 33.7. The fraction of sp³-hybridized carbons (Fsp3) is 0.472. The van der Waals surface area contributed by atoms with E-state index in [-0.39, 0.29) is 53.1 Å². The summed E-state index contributed by atoms with van der Waals surface area (Å²) in [6.07, 6.45) is 2.22. The van der Waals surface area contributed by atoms with Crippen molar-refractivity contribution < 1.29 is 49.7 Å². The highest BCUT2D eigenvalue weighted by Crippen LogP contribution is 2.53. The van der Waals surface area contributed by atoms with E-state index in [1.54, 1.807) is 25.1 Å². The first kappa shape index (κ1) is 31.4. The van der Waals surface area contributed by atoms with Crippen LogP contribution in [0.5, 0.6) is 11.5 Å². The molecule has 252 valence electrons. The van der Waals surface area contributed by atoms with Crippen LogP contribution >= 0.6 is 0 Å². The van der Waals surface area contributed by atoms with Crippen LogP contribution in [0.15, 0.2) is 36.5 Å². The zero-order valence-corrected chi connectivity index (χ0v) is 26.4. The number of nitrogens with zero attached hydrogens (tertiary/aromatic N) is 1. The van der Waals surface area contributed by atoms with E-state index in [9.17, 15) is 40.2 Å². The van der Waals surface area contributed by atoms with E-state index >= 15 is 0 Å². The van der Waals surface area contributed by atoms with Crippen LogP contribution in [0.3, 0.4) is 0 Å². The normalized spacial score (nSPS) is 32.0. The molecule has 2 aliphatic carbocycles. The molecule has 2 aromatic carbocycles. The van der Waals surface area contributed by atoms with Crippen LogP contribution in [-0.2, 0) is 11.2 Å². The molecule has 48 heavy (non-hydrogen) atoms. The fourth-order valence-corrected chi connectivity index (χ4v) is 8.67. The number of phenolic OH excluding ortho intramolecular Hbond substituents is 1. The van der Waals surface area contributed by atoms with Gasteiger partial charge in [-0.05, 0) is 55.3 Å². The Labute approximate surface area is 275 Å². The molecule has 3 aromatic rings. The van der Waals surface area contributed by atoms with Gasteiger partial charge >= 0.3 is 0 Å². The lowest BCUT2D eigenvalue weighted by Gasteiger charge is -2.54. The minimum Gasteiger partial charge on any atom is -0.507 e. The van der Waals surface area contributed by atoms with Crippen molar-refractivity contribution in [3.8, 4) is 11.5 Å². The SMILES string of the molecule is Cc1cc(O)c2c(c1)C(=O)c1c(c3c4c5c(nccc15)NCC(O)C1(C=CC5(CO)OC(CC4)(O3)C(O)C(O)C5O)CCCCC1)C2=O. The number of aliphatic hydroxyl groups excluding tert-OH is 5. The summed E-state index contributed by atoms with van der Waals surface area (Å²) in [7, 11) is 0. The zero-order valence-electron chi connectivity index (χ0n) is 26.4. The third-order valence-corrected chi connectivity index (χ3v) is 11.3. The van der Waals surface area contributed by atoms with Gasteiger partial charge in [0.15, 0.2) is 5.78 Å². The molecule has 5 heterocycles. The van der Waals surface area contributed by atoms with Gasteiger partial charge in [0, 0.05) is 46.7 Å². The molecule has 6 aliphatic rings. The third kappa shape index (κ3) is 4.20. The Balaban J connectivity index is 1.43. The number of pyridine rings is 1. The largest absolute Gasteiger partial charge is 0.507 e. The number of ketones is 2. The maximum Gasteiger partial charge on any atom is 0.240 e. The van der Waals surface area contributed by atoms with Crippen molar-refractivity contribution in [2.45, 2.75) is 87.7 Å². The van der Waals surface area contributed by atoms with Crippen LogP contribution in [0.2, 0.25) is 0 Å². The van der Waals surface area contributed by atoms with Crippen molar-refractivity contribution in [3.05, 3.63) is 69.9 Å². The lowest BCUT2D eigenvalue weighted by Crippen LogP contribution is -2.72. The van der Waals surface area contributed by atoms with Gasteiger partial charge in [-0.2, -0.15) is 0 Å². The molecule has 2 spiro atoms. The molecule has 0 radical (unpaired) electrons. The first-order chi connectivity index (χ1) is 23.0. The summed E-state index contributed by atoms with van der Waals surface area (Å²) in [4.78, 5) is 33.4.